The number of rotatable bonds is 6. The molecule has 2 aliphatic rings. The van der Waals surface area contributed by atoms with Crippen molar-refractivity contribution < 1.29 is 9.53 Å². The normalized spacial score (nSPS) is 25.2. The summed E-state index contributed by atoms with van der Waals surface area (Å²) < 4.78 is 5.57. The van der Waals surface area contributed by atoms with E-state index < -0.39 is 0 Å². The van der Waals surface area contributed by atoms with E-state index in [-0.39, 0.29) is 12.0 Å². The molecule has 0 radical (unpaired) electrons. The van der Waals surface area contributed by atoms with E-state index in [1.165, 1.54) is 6.42 Å². The molecule has 0 bridgehead atoms. The molecule has 1 atom stereocenters. The lowest BCUT2D eigenvalue weighted by atomic mass is 10.1. The van der Waals surface area contributed by atoms with E-state index in [0.29, 0.717) is 6.42 Å². The van der Waals surface area contributed by atoms with Crippen molar-refractivity contribution in [2.45, 2.75) is 38.2 Å². The van der Waals surface area contributed by atoms with Gasteiger partial charge in [0.25, 0.3) is 0 Å². The van der Waals surface area contributed by atoms with Crippen LogP contribution in [0, 0.1) is 0 Å². The molecule has 5 nitrogen and oxygen atoms in total. The Balaban J connectivity index is 1.48. The molecule has 2 fully saturated rings. The number of hydrogen-bond acceptors (Lipinski definition) is 4. The first-order valence-corrected chi connectivity index (χ1v) is 7.66. The second-order valence-electron chi connectivity index (χ2n) is 5.49. The first kappa shape index (κ1) is 14.8. The maximum atomic E-state index is 11.7. The highest BCUT2D eigenvalue weighted by Gasteiger charge is 2.17. The summed E-state index contributed by atoms with van der Waals surface area (Å²) in [5, 5.41) is 6.35. The van der Waals surface area contributed by atoms with Crippen molar-refractivity contribution in [2.75, 3.05) is 45.9 Å². The predicted molar refractivity (Wildman–Crippen MR) is 75.1 cm³/mol. The van der Waals surface area contributed by atoms with Gasteiger partial charge in [-0.15, -0.1) is 0 Å². The van der Waals surface area contributed by atoms with Crippen LogP contribution in [-0.2, 0) is 9.53 Å². The Morgan fingerprint density at radius 3 is 2.89 bits per heavy atom. The Morgan fingerprint density at radius 1 is 1.32 bits per heavy atom. The molecule has 0 aromatic carbocycles. The molecule has 0 spiro atoms. The fourth-order valence-corrected chi connectivity index (χ4v) is 2.71. The fraction of sp³-hybridized carbons (Fsp3) is 0.929. The molecule has 2 N–H and O–H groups in total. The van der Waals surface area contributed by atoms with Gasteiger partial charge in [-0.25, -0.2) is 0 Å². The van der Waals surface area contributed by atoms with Crippen LogP contribution in [0.1, 0.15) is 32.1 Å². The molecular weight excluding hydrogens is 242 g/mol. The number of nitrogens with one attached hydrogen (secondary N) is 2. The molecule has 0 aromatic rings. The van der Waals surface area contributed by atoms with Gasteiger partial charge in [-0.2, -0.15) is 0 Å². The molecule has 1 unspecified atom stereocenters. The topological polar surface area (TPSA) is 53.6 Å². The minimum absolute atomic E-state index is 0.146. The zero-order valence-corrected chi connectivity index (χ0v) is 11.8. The maximum Gasteiger partial charge on any atom is 0.222 e. The molecule has 2 heterocycles. The van der Waals surface area contributed by atoms with Crippen LogP contribution in [-0.4, -0.2) is 62.8 Å². The monoisotopic (exact) mass is 269 g/mol. The summed E-state index contributed by atoms with van der Waals surface area (Å²) in [6.07, 6.45) is 5.10. The van der Waals surface area contributed by atoms with E-state index in [0.717, 1.165) is 65.1 Å². The lowest BCUT2D eigenvalue weighted by molar-refractivity contribution is -0.124. The lowest BCUT2D eigenvalue weighted by Crippen LogP contribution is -2.44. The molecule has 2 aliphatic heterocycles. The van der Waals surface area contributed by atoms with Crippen molar-refractivity contribution in [3.05, 3.63) is 0 Å². The molecule has 2 saturated heterocycles. The van der Waals surface area contributed by atoms with Gasteiger partial charge >= 0.3 is 0 Å². The first-order chi connectivity index (χ1) is 9.34. The summed E-state index contributed by atoms with van der Waals surface area (Å²) in [7, 11) is 0. The van der Waals surface area contributed by atoms with E-state index in [2.05, 4.69) is 15.5 Å². The standard InChI is InChI=1S/C14H27N3O2/c18-14(12-13-4-1-2-11-19-13)16-5-3-8-17-9-6-15-7-10-17/h13,15H,1-12H2,(H,16,18). The van der Waals surface area contributed by atoms with Gasteiger partial charge in [0.2, 0.25) is 5.91 Å². The Morgan fingerprint density at radius 2 is 2.16 bits per heavy atom. The van der Waals surface area contributed by atoms with Crippen molar-refractivity contribution >= 4 is 5.91 Å². The van der Waals surface area contributed by atoms with Crippen molar-refractivity contribution in [3.8, 4) is 0 Å². The van der Waals surface area contributed by atoms with Crippen LogP contribution in [0.3, 0.4) is 0 Å². The second-order valence-corrected chi connectivity index (χ2v) is 5.49. The number of carbonyl (C=O) groups excluding carboxylic acids is 1. The summed E-state index contributed by atoms with van der Waals surface area (Å²) >= 11 is 0. The summed E-state index contributed by atoms with van der Waals surface area (Å²) in [5.74, 6) is 0.146. The van der Waals surface area contributed by atoms with Crippen LogP contribution in [0.15, 0.2) is 0 Å². The molecule has 110 valence electrons. The van der Waals surface area contributed by atoms with E-state index in [9.17, 15) is 4.79 Å². The van der Waals surface area contributed by atoms with Gasteiger partial charge in [-0.1, -0.05) is 0 Å². The quantitative estimate of drug-likeness (QED) is 0.684. The zero-order valence-electron chi connectivity index (χ0n) is 11.8. The third kappa shape index (κ3) is 5.89. The van der Waals surface area contributed by atoms with Gasteiger partial charge in [0.15, 0.2) is 0 Å². The van der Waals surface area contributed by atoms with Gasteiger partial charge < -0.3 is 20.3 Å². The van der Waals surface area contributed by atoms with Crippen LogP contribution < -0.4 is 10.6 Å². The zero-order chi connectivity index (χ0) is 13.3. The highest BCUT2D eigenvalue weighted by Crippen LogP contribution is 2.15. The number of amides is 1. The van der Waals surface area contributed by atoms with Crippen LogP contribution in [0.25, 0.3) is 0 Å². The molecule has 5 heteroatoms. The number of ether oxygens (including phenoxy) is 1. The van der Waals surface area contributed by atoms with E-state index in [4.69, 9.17) is 4.74 Å². The molecule has 2 rings (SSSR count). The average molecular weight is 269 g/mol. The minimum atomic E-state index is 0.146. The highest BCUT2D eigenvalue weighted by atomic mass is 16.5. The number of piperazine rings is 1. The smallest absolute Gasteiger partial charge is 0.222 e. The average Bonchev–Trinajstić information content (AvgIpc) is 2.46. The van der Waals surface area contributed by atoms with Crippen molar-refractivity contribution in [2.24, 2.45) is 0 Å². The molecule has 0 aromatic heterocycles. The van der Waals surface area contributed by atoms with Crippen molar-refractivity contribution in [1.82, 2.24) is 15.5 Å². The SMILES string of the molecule is O=C(CC1CCCCO1)NCCCN1CCNCC1. The summed E-state index contributed by atoms with van der Waals surface area (Å²) in [6.45, 7) is 7.13. The second kappa shape index (κ2) is 8.51. The van der Waals surface area contributed by atoms with Crippen molar-refractivity contribution in [3.63, 3.8) is 0 Å². The van der Waals surface area contributed by atoms with Gasteiger partial charge in [0.1, 0.15) is 0 Å². The lowest BCUT2D eigenvalue weighted by Gasteiger charge is -2.27. The first-order valence-electron chi connectivity index (χ1n) is 7.66. The largest absolute Gasteiger partial charge is 0.378 e. The molecule has 0 saturated carbocycles. The highest BCUT2D eigenvalue weighted by molar-refractivity contribution is 5.76. The van der Waals surface area contributed by atoms with Crippen LogP contribution in [0.2, 0.25) is 0 Å². The molecular formula is C14H27N3O2. The molecule has 1 amide bonds. The summed E-state index contributed by atoms with van der Waals surface area (Å²) in [5.41, 5.74) is 0. The Labute approximate surface area is 116 Å². The third-order valence-corrected chi connectivity index (χ3v) is 3.87. The number of hydrogen-bond donors (Lipinski definition) is 2. The number of carbonyl (C=O) groups is 1. The molecule has 0 aliphatic carbocycles. The maximum absolute atomic E-state index is 11.7. The van der Waals surface area contributed by atoms with Crippen LogP contribution in [0.4, 0.5) is 0 Å². The van der Waals surface area contributed by atoms with Crippen LogP contribution >= 0.6 is 0 Å². The van der Waals surface area contributed by atoms with Gasteiger partial charge in [-0.3, -0.25) is 4.79 Å². The van der Waals surface area contributed by atoms with Crippen molar-refractivity contribution in [1.29, 1.82) is 0 Å². The fourth-order valence-electron chi connectivity index (χ4n) is 2.71. The predicted octanol–water partition coefficient (Wildman–Crippen LogP) is 0.357. The van der Waals surface area contributed by atoms with Gasteiger partial charge in [0.05, 0.1) is 12.5 Å². The van der Waals surface area contributed by atoms with E-state index in [1.54, 1.807) is 0 Å². The van der Waals surface area contributed by atoms with E-state index >= 15 is 0 Å². The number of nitrogens with zero attached hydrogens (tertiary/aromatic N) is 1. The summed E-state index contributed by atoms with van der Waals surface area (Å²) in [6, 6.07) is 0. The summed E-state index contributed by atoms with van der Waals surface area (Å²) in [4.78, 5) is 14.2. The molecule has 19 heavy (non-hydrogen) atoms. The Kier molecular flexibility index (Phi) is 6.61. The minimum Gasteiger partial charge on any atom is -0.378 e. The third-order valence-electron chi connectivity index (χ3n) is 3.87. The van der Waals surface area contributed by atoms with E-state index in [1.807, 2.05) is 0 Å². The van der Waals surface area contributed by atoms with Gasteiger partial charge in [-0.05, 0) is 32.2 Å². The van der Waals surface area contributed by atoms with Gasteiger partial charge in [0, 0.05) is 39.3 Å². The van der Waals surface area contributed by atoms with Crippen LogP contribution in [0.5, 0.6) is 0 Å². The Bertz CT molecular complexity index is 261. The Hall–Kier alpha value is -0.650.